The second-order valence-corrected chi connectivity index (χ2v) is 6.99. The summed E-state index contributed by atoms with van der Waals surface area (Å²) < 4.78 is 0. The number of carbonyl (C=O) groups excluding carboxylic acids is 1. The number of nitrogens with one attached hydrogen (secondary N) is 1. The first kappa shape index (κ1) is 19.2. The van der Waals surface area contributed by atoms with Crippen LogP contribution in [-0.4, -0.2) is 61.5 Å². The zero-order valence-corrected chi connectivity index (χ0v) is 15.4. The lowest BCUT2D eigenvalue weighted by molar-refractivity contribution is -0.138. The lowest BCUT2D eigenvalue weighted by Crippen LogP contribution is -2.51. The summed E-state index contributed by atoms with van der Waals surface area (Å²) in [6.07, 6.45) is 2.20. The highest BCUT2D eigenvalue weighted by atomic mass is 35.5. The molecule has 4 nitrogen and oxygen atoms in total. The molecule has 24 heavy (non-hydrogen) atoms. The van der Waals surface area contributed by atoms with E-state index in [2.05, 4.69) is 52.4 Å². The van der Waals surface area contributed by atoms with Crippen LogP contribution in [0.15, 0.2) is 30.3 Å². The monoisotopic (exact) mass is 351 g/mol. The van der Waals surface area contributed by atoms with E-state index >= 15 is 0 Å². The van der Waals surface area contributed by atoms with Gasteiger partial charge in [-0.05, 0) is 30.9 Å². The van der Waals surface area contributed by atoms with Crippen molar-refractivity contribution < 1.29 is 4.79 Å². The summed E-state index contributed by atoms with van der Waals surface area (Å²) in [5.41, 5.74) is 1.39. The van der Waals surface area contributed by atoms with Crippen molar-refractivity contribution in [2.24, 2.45) is 5.92 Å². The molecule has 1 aromatic carbocycles. The van der Waals surface area contributed by atoms with Crippen molar-refractivity contribution in [3.05, 3.63) is 35.9 Å². The number of rotatable bonds is 4. The largest absolute Gasteiger partial charge is 0.340 e. The van der Waals surface area contributed by atoms with E-state index in [4.69, 9.17) is 0 Å². The Kier molecular flexibility index (Phi) is 7.53. The van der Waals surface area contributed by atoms with E-state index in [1.165, 1.54) is 5.56 Å². The molecule has 0 spiro atoms. The smallest absolute Gasteiger partial charge is 0.227 e. The quantitative estimate of drug-likeness (QED) is 0.904. The number of likely N-dealkylation sites (tertiary alicyclic amines) is 1. The maximum atomic E-state index is 12.7. The zero-order valence-electron chi connectivity index (χ0n) is 14.6. The van der Waals surface area contributed by atoms with Crippen molar-refractivity contribution in [2.45, 2.75) is 25.7 Å². The minimum absolute atomic E-state index is 0. The molecule has 134 valence electrons. The zero-order chi connectivity index (χ0) is 16.1. The van der Waals surface area contributed by atoms with Crippen molar-refractivity contribution in [3.8, 4) is 0 Å². The molecular formula is C19H30ClN3O. The first-order chi connectivity index (χ1) is 11.2. The Balaban J connectivity index is 0.00000208. The van der Waals surface area contributed by atoms with Gasteiger partial charge in [-0.15, -0.1) is 12.4 Å². The van der Waals surface area contributed by atoms with E-state index in [9.17, 15) is 4.79 Å². The van der Waals surface area contributed by atoms with Gasteiger partial charge in [0.05, 0.1) is 5.92 Å². The van der Waals surface area contributed by atoms with Crippen LogP contribution in [0.5, 0.6) is 0 Å². The molecule has 0 radical (unpaired) electrons. The number of nitrogens with zero attached hydrogens (tertiary/aromatic N) is 2. The van der Waals surface area contributed by atoms with Gasteiger partial charge in [0, 0.05) is 39.3 Å². The van der Waals surface area contributed by atoms with Gasteiger partial charge >= 0.3 is 0 Å². The molecule has 5 heteroatoms. The number of hydrogen-bond donors (Lipinski definition) is 1. The van der Waals surface area contributed by atoms with Crippen LogP contribution in [0.1, 0.15) is 31.2 Å². The lowest BCUT2D eigenvalue weighted by atomic mass is 9.94. The van der Waals surface area contributed by atoms with E-state index in [0.717, 1.165) is 58.7 Å². The molecule has 2 saturated heterocycles. The summed E-state index contributed by atoms with van der Waals surface area (Å²) in [4.78, 5) is 17.3. The van der Waals surface area contributed by atoms with Gasteiger partial charge in [0.2, 0.25) is 5.91 Å². The molecule has 0 bridgehead atoms. The maximum Gasteiger partial charge on any atom is 0.227 e. The fourth-order valence-corrected chi connectivity index (χ4v) is 3.84. The van der Waals surface area contributed by atoms with Gasteiger partial charge in [0.15, 0.2) is 0 Å². The van der Waals surface area contributed by atoms with Crippen molar-refractivity contribution in [1.29, 1.82) is 0 Å². The number of hydrogen-bond acceptors (Lipinski definition) is 3. The van der Waals surface area contributed by atoms with Gasteiger partial charge in [-0.1, -0.05) is 37.3 Å². The summed E-state index contributed by atoms with van der Waals surface area (Å²) in [7, 11) is 0. The molecule has 2 unspecified atom stereocenters. The van der Waals surface area contributed by atoms with Gasteiger partial charge in [-0.2, -0.15) is 0 Å². The molecule has 1 aromatic rings. The Hall–Kier alpha value is -1.10. The van der Waals surface area contributed by atoms with Crippen LogP contribution < -0.4 is 5.32 Å². The topological polar surface area (TPSA) is 35.6 Å². The number of piperidine rings is 1. The van der Waals surface area contributed by atoms with Crippen molar-refractivity contribution in [2.75, 3.05) is 45.8 Å². The first-order valence-electron chi connectivity index (χ1n) is 9.01. The second kappa shape index (κ2) is 9.40. The van der Waals surface area contributed by atoms with E-state index in [1.54, 1.807) is 0 Å². The van der Waals surface area contributed by atoms with E-state index in [-0.39, 0.29) is 18.3 Å². The van der Waals surface area contributed by atoms with Gasteiger partial charge in [-0.25, -0.2) is 0 Å². The number of piperazine rings is 1. The molecule has 0 saturated carbocycles. The minimum atomic E-state index is 0. The summed E-state index contributed by atoms with van der Waals surface area (Å²) >= 11 is 0. The Labute approximate surface area is 152 Å². The summed E-state index contributed by atoms with van der Waals surface area (Å²) in [6.45, 7) is 9.01. The lowest BCUT2D eigenvalue weighted by Gasteiger charge is -2.37. The number of amides is 1. The average molecular weight is 352 g/mol. The molecule has 1 N–H and O–H groups in total. The minimum Gasteiger partial charge on any atom is -0.340 e. The SMILES string of the molecule is CC(CN1CCCC(C(=O)N2CCNCC2)C1)c1ccccc1.Cl. The highest BCUT2D eigenvalue weighted by Gasteiger charge is 2.30. The summed E-state index contributed by atoms with van der Waals surface area (Å²) in [5, 5.41) is 3.32. The van der Waals surface area contributed by atoms with E-state index in [0.29, 0.717) is 11.8 Å². The number of benzene rings is 1. The molecule has 2 aliphatic rings. The van der Waals surface area contributed by atoms with Crippen molar-refractivity contribution in [1.82, 2.24) is 15.1 Å². The fourth-order valence-electron chi connectivity index (χ4n) is 3.84. The Morgan fingerprint density at radius 3 is 2.62 bits per heavy atom. The molecule has 0 aromatic heterocycles. The van der Waals surface area contributed by atoms with Crippen LogP contribution >= 0.6 is 12.4 Å². The molecular weight excluding hydrogens is 322 g/mol. The molecule has 3 rings (SSSR count). The molecule has 1 amide bonds. The summed E-state index contributed by atoms with van der Waals surface area (Å²) in [6, 6.07) is 10.7. The van der Waals surface area contributed by atoms with Gasteiger partial charge in [0.1, 0.15) is 0 Å². The normalized spacial score (nSPS) is 23.4. The Morgan fingerprint density at radius 1 is 1.21 bits per heavy atom. The average Bonchev–Trinajstić information content (AvgIpc) is 2.63. The molecule has 2 heterocycles. The predicted molar refractivity (Wildman–Crippen MR) is 101 cm³/mol. The number of halogens is 1. The highest BCUT2D eigenvalue weighted by Crippen LogP contribution is 2.23. The standard InChI is InChI=1S/C19H29N3O.ClH/c1-16(17-6-3-2-4-7-17)14-21-11-5-8-18(15-21)19(23)22-12-9-20-10-13-22;/h2-4,6-7,16,18,20H,5,8-15H2,1H3;1H. The van der Waals surface area contributed by atoms with Crippen molar-refractivity contribution in [3.63, 3.8) is 0 Å². The molecule has 0 aliphatic carbocycles. The van der Waals surface area contributed by atoms with Crippen LogP contribution in [0.2, 0.25) is 0 Å². The Morgan fingerprint density at radius 2 is 1.92 bits per heavy atom. The van der Waals surface area contributed by atoms with E-state index < -0.39 is 0 Å². The van der Waals surface area contributed by atoms with Crippen LogP contribution in [0.25, 0.3) is 0 Å². The van der Waals surface area contributed by atoms with Gasteiger partial charge in [-0.3, -0.25) is 4.79 Å². The molecule has 2 aliphatic heterocycles. The molecule has 2 atom stereocenters. The van der Waals surface area contributed by atoms with Crippen LogP contribution in [0.4, 0.5) is 0 Å². The van der Waals surface area contributed by atoms with E-state index in [1.807, 2.05) is 0 Å². The van der Waals surface area contributed by atoms with Crippen LogP contribution in [0.3, 0.4) is 0 Å². The Bertz CT molecular complexity index is 505. The highest BCUT2D eigenvalue weighted by molar-refractivity contribution is 5.85. The van der Waals surface area contributed by atoms with Crippen molar-refractivity contribution >= 4 is 18.3 Å². The third-order valence-corrected chi connectivity index (χ3v) is 5.18. The third-order valence-electron chi connectivity index (χ3n) is 5.18. The first-order valence-corrected chi connectivity index (χ1v) is 9.01. The van der Waals surface area contributed by atoms with Gasteiger partial charge < -0.3 is 15.1 Å². The van der Waals surface area contributed by atoms with Crippen LogP contribution in [0, 0.1) is 5.92 Å². The van der Waals surface area contributed by atoms with Crippen LogP contribution in [-0.2, 0) is 4.79 Å². The summed E-state index contributed by atoms with van der Waals surface area (Å²) in [5.74, 6) is 1.10. The third kappa shape index (κ3) is 4.95. The number of carbonyl (C=O) groups is 1. The molecule has 2 fully saturated rings. The second-order valence-electron chi connectivity index (χ2n) is 6.99. The fraction of sp³-hybridized carbons (Fsp3) is 0.632. The maximum absolute atomic E-state index is 12.7. The predicted octanol–water partition coefficient (Wildman–Crippen LogP) is 2.36. The van der Waals surface area contributed by atoms with Gasteiger partial charge in [0.25, 0.3) is 0 Å².